The van der Waals surface area contributed by atoms with Crippen molar-refractivity contribution in [1.29, 1.82) is 0 Å². The molecule has 0 saturated carbocycles. The molecule has 0 atom stereocenters. The zero-order valence-corrected chi connectivity index (χ0v) is 15.2. The third-order valence-corrected chi connectivity index (χ3v) is 3.90. The zero-order chi connectivity index (χ0) is 19.6. The summed E-state index contributed by atoms with van der Waals surface area (Å²) in [6.07, 6.45) is 1.36. The molecule has 1 heterocycles. The van der Waals surface area contributed by atoms with Crippen LogP contribution in [0.4, 0.5) is 5.69 Å². The Morgan fingerprint density at radius 1 is 1.15 bits per heavy atom. The quantitative estimate of drug-likeness (QED) is 0.457. The minimum Gasteiger partial charge on any atom is -0.454 e. The highest BCUT2D eigenvalue weighted by Gasteiger charge is 2.21. The number of hydrogen-bond donors (Lipinski definition) is 2. The van der Waals surface area contributed by atoms with Crippen LogP contribution in [0, 0.1) is 0 Å². The number of nitrogens with zero attached hydrogens (tertiary/aromatic N) is 1. The summed E-state index contributed by atoms with van der Waals surface area (Å²) in [6.45, 7) is 0.589. The summed E-state index contributed by atoms with van der Waals surface area (Å²) in [5.41, 5.74) is 1.10. The molecule has 27 heavy (non-hydrogen) atoms. The molecule has 9 nitrogen and oxygen atoms in total. The van der Waals surface area contributed by atoms with Gasteiger partial charge in [0.05, 0.1) is 6.61 Å². The first-order chi connectivity index (χ1) is 13.0. The van der Waals surface area contributed by atoms with Crippen LogP contribution in [0.25, 0.3) is 0 Å². The van der Waals surface area contributed by atoms with Gasteiger partial charge in [0.25, 0.3) is 11.8 Å². The molecular formula is C18H23N3O6. The van der Waals surface area contributed by atoms with Crippen LogP contribution in [0.2, 0.25) is 0 Å². The fourth-order valence-electron chi connectivity index (χ4n) is 2.51. The maximum Gasteiger partial charge on any atom is 0.325 e. The van der Waals surface area contributed by atoms with Gasteiger partial charge in [0.15, 0.2) is 6.61 Å². The molecule has 1 aliphatic heterocycles. The lowest BCUT2D eigenvalue weighted by molar-refractivity contribution is -0.147. The van der Waals surface area contributed by atoms with E-state index in [1.165, 1.54) is 7.11 Å². The smallest absolute Gasteiger partial charge is 0.325 e. The molecule has 0 spiro atoms. The minimum absolute atomic E-state index is 0.0706. The average molecular weight is 377 g/mol. The highest BCUT2D eigenvalue weighted by atomic mass is 16.5. The lowest BCUT2D eigenvalue weighted by atomic mass is 10.2. The first kappa shape index (κ1) is 20.4. The monoisotopic (exact) mass is 377 g/mol. The third-order valence-electron chi connectivity index (χ3n) is 3.90. The Morgan fingerprint density at radius 2 is 1.89 bits per heavy atom. The van der Waals surface area contributed by atoms with E-state index in [-0.39, 0.29) is 12.5 Å². The molecular weight excluding hydrogens is 354 g/mol. The molecule has 3 amide bonds. The molecule has 0 aromatic heterocycles. The Labute approximate surface area is 157 Å². The van der Waals surface area contributed by atoms with Crippen LogP contribution in [0.3, 0.4) is 0 Å². The van der Waals surface area contributed by atoms with Crippen molar-refractivity contribution in [3.63, 3.8) is 0 Å². The minimum atomic E-state index is -0.718. The van der Waals surface area contributed by atoms with Crippen LogP contribution in [-0.4, -0.2) is 63.6 Å². The molecule has 0 bridgehead atoms. The van der Waals surface area contributed by atoms with Gasteiger partial charge in [-0.05, 0) is 30.7 Å². The Kier molecular flexibility index (Phi) is 7.75. The van der Waals surface area contributed by atoms with Gasteiger partial charge in [-0.3, -0.25) is 19.2 Å². The van der Waals surface area contributed by atoms with E-state index in [0.29, 0.717) is 31.7 Å². The van der Waals surface area contributed by atoms with E-state index in [0.717, 1.165) is 12.1 Å². The van der Waals surface area contributed by atoms with Gasteiger partial charge in [0.2, 0.25) is 5.91 Å². The Balaban J connectivity index is 1.72. The summed E-state index contributed by atoms with van der Waals surface area (Å²) in [5.74, 6) is -1.54. The number of esters is 1. The molecule has 2 N–H and O–H groups in total. The second-order valence-electron chi connectivity index (χ2n) is 5.88. The summed E-state index contributed by atoms with van der Waals surface area (Å²) in [7, 11) is 1.51. The highest BCUT2D eigenvalue weighted by Crippen LogP contribution is 2.21. The predicted molar refractivity (Wildman–Crippen MR) is 96.2 cm³/mol. The molecule has 1 fully saturated rings. The van der Waals surface area contributed by atoms with E-state index >= 15 is 0 Å². The van der Waals surface area contributed by atoms with Gasteiger partial charge in [-0.25, -0.2) is 0 Å². The second kappa shape index (κ2) is 10.3. The third kappa shape index (κ3) is 6.37. The van der Waals surface area contributed by atoms with Crippen molar-refractivity contribution >= 4 is 29.4 Å². The number of carbonyl (C=O) groups is 4. The standard InChI is InChI=1S/C18H23N3O6/c1-26-10-8-19-15(22)12-27-17(24)11-20-18(25)13-4-6-14(7-5-13)21-9-2-3-16(21)23/h4-7H,2-3,8-12H2,1H3,(H,19,22)(H,20,25). The maximum atomic E-state index is 12.1. The van der Waals surface area contributed by atoms with E-state index in [1.807, 2.05) is 0 Å². The average Bonchev–Trinajstić information content (AvgIpc) is 3.10. The fraction of sp³-hybridized carbons (Fsp3) is 0.444. The summed E-state index contributed by atoms with van der Waals surface area (Å²) in [6, 6.07) is 6.57. The van der Waals surface area contributed by atoms with Gasteiger partial charge in [0, 0.05) is 37.9 Å². The van der Waals surface area contributed by atoms with Crippen LogP contribution in [0.5, 0.6) is 0 Å². The molecule has 0 unspecified atom stereocenters. The molecule has 2 rings (SSSR count). The number of hydrogen-bond acceptors (Lipinski definition) is 6. The fourth-order valence-corrected chi connectivity index (χ4v) is 2.51. The molecule has 1 aromatic rings. The van der Waals surface area contributed by atoms with E-state index in [9.17, 15) is 19.2 Å². The Bertz CT molecular complexity index is 689. The number of methoxy groups -OCH3 is 1. The molecule has 1 aromatic carbocycles. The van der Waals surface area contributed by atoms with E-state index in [2.05, 4.69) is 10.6 Å². The molecule has 9 heteroatoms. The van der Waals surface area contributed by atoms with E-state index in [4.69, 9.17) is 9.47 Å². The van der Waals surface area contributed by atoms with Crippen molar-refractivity contribution in [2.24, 2.45) is 0 Å². The first-order valence-electron chi connectivity index (χ1n) is 8.61. The van der Waals surface area contributed by atoms with Gasteiger partial charge in [-0.2, -0.15) is 0 Å². The molecule has 0 aliphatic carbocycles. The van der Waals surface area contributed by atoms with Gasteiger partial charge < -0.3 is 25.0 Å². The lowest BCUT2D eigenvalue weighted by Crippen LogP contribution is -2.34. The van der Waals surface area contributed by atoms with E-state index < -0.39 is 24.4 Å². The number of anilines is 1. The summed E-state index contributed by atoms with van der Waals surface area (Å²) < 4.78 is 9.55. The van der Waals surface area contributed by atoms with Gasteiger partial charge in [-0.15, -0.1) is 0 Å². The number of amides is 3. The van der Waals surface area contributed by atoms with Crippen molar-refractivity contribution in [1.82, 2.24) is 10.6 Å². The van der Waals surface area contributed by atoms with Crippen LogP contribution < -0.4 is 15.5 Å². The first-order valence-corrected chi connectivity index (χ1v) is 8.61. The van der Waals surface area contributed by atoms with Gasteiger partial charge in [0.1, 0.15) is 6.54 Å². The normalized spacial score (nSPS) is 13.4. The van der Waals surface area contributed by atoms with Crippen molar-refractivity contribution in [2.45, 2.75) is 12.8 Å². The van der Waals surface area contributed by atoms with Crippen molar-refractivity contribution in [3.05, 3.63) is 29.8 Å². The summed E-state index contributed by atoms with van der Waals surface area (Å²) >= 11 is 0. The number of ether oxygens (including phenoxy) is 2. The zero-order valence-electron chi connectivity index (χ0n) is 15.2. The maximum absolute atomic E-state index is 12.1. The van der Waals surface area contributed by atoms with Gasteiger partial charge >= 0.3 is 5.97 Å². The number of nitrogens with one attached hydrogen (secondary N) is 2. The van der Waals surface area contributed by atoms with Crippen molar-refractivity contribution in [2.75, 3.05) is 44.9 Å². The van der Waals surface area contributed by atoms with Crippen LogP contribution in [-0.2, 0) is 23.9 Å². The topological polar surface area (TPSA) is 114 Å². The van der Waals surface area contributed by atoms with Crippen LogP contribution in [0.15, 0.2) is 24.3 Å². The number of rotatable bonds is 9. The molecule has 0 radical (unpaired) electrons. The SMILES string of the molecule is COCCNC(=O)COC(=O)CNC(=O)c1ccc(N2CCCC2=O)cc1. The largest absolute Gasteiger partial charge is 0.454 e. The van der Waals surface area contributed by atoms with Crippen LogP contribution in [0.1, 0.15) is 23.2 Å². The second-order valence-corrected chi connectivity index (χ2v) is 5.88. The van der Waals surface area contributed by atoms with E-state index in [1.54, 1.807) is 29.2 Å². The van der Waals surface area contributed by atoms with Crippen molar-refractivity contribution in [3.8, 4) is 0 Å². The number of carbonyl (C=O) groups excluding carboxylic acids is 4. The molecule has 1 saturated heterocycles. The van der Waals surface area contributed by atoms with Crippen molar-refractivity contribution < 1.29 is 28.7 Å². The predicted octanol–water partition coefficient (Wildman–Crippen LogP) is -0.151. The Hall–Kier alpha value is -2.94. The van der Waals surface area contributed by atoms with Gasteiger partial charge in [-0.1, -0.05) is 0 Å². The molecule has 146 valence electrons. The summed E-state index contributed by atoms with van der Waals surface area (Å²) in [5, 5.41) is 4.93. The molecule has 1 aliphatic rings. The Morgan fingerprint density at radius 3 is 2.52 bits per heavy atom. The van der Waals surface area contributed by atoms with Crippen LogP contribution >= 0.6 is 0 Å². The lowest BCUT2D eigenvalue weighted by Gasteiger charge is -2.15. The summed E-state index contributed by atoms with van der Waals surface area (Å²) in [4.78, 5) is 48.4. The number of benzene rings is 1. The highest BCUT2D eigenvalue weighted by molar-refractivity contribution is 5.98.